The molecule has 13 heavy (non-hydrogen) atoms. The van der Waals surface area contributed by atoms with Crippen molar-refractivity contribution in [2.24, 2.45) is 0 Å². The minimum absolute atomic E-state index is 0.409. The van der Waals surface area contributed by atoms with E-state index in [0.717, 1.165) is 5.56 Å². The van der Waals surface area contributed by atoms with Gasteiger partial charge in [0, 0.05) is 16.1 Å². The van der Waals surface area contributed by atoms with Crippen LogP contribution in [-0.2, 0) is 0 Å². The molecular formula is C9H6Cl4. The van der Waals surface area contributed by atoms with E-state index in [4.69, 9.17) is 46.4 Å². The summed E-state index contributed by atoms with van der Waals surface area (Å²) in [6, 6.07) is 3.45. The first-order valence-corrected chi connectivity index (χ1v) is 5.05. The molecule has 70 valence electrons. The van der Waals surface area contributed by atoms with E-state index < -0.39 is 0 Å². The van der Waals surface area contributed by atoms with E-state index in [1.807, 2.05) is 6.92 Å². The van der Waals surface area contributed by atoms with Gasteiger partial charge in [-0.2, -0.15) is 0 Å². The van der Waals surface area contributed by atoms with E-state index in [9.17, 15) is 0 Å². The van der Waals surface area contributed by atoms with Crippen LogP contribution in [0.4, 0.5) is 0 Å². The topological polar surface area (TPSA) is 0 Å². The summed E-state index contributed by atoms with van der Waals surface area (Å²) in [6.45, 7) is 1.88. The van der Waals surface area contributed by atoms with E-state index in [1.165, 1.54) is 5.54 Å². The molecule has 0 atom stereocenters. The van der Waals surface area contributed by atoms with E-state index in [2.05, 4.69) is 0 Å². The average Bonchev–Trinajstić information content (AvgIpc) is 2.10. The Labute approximate surface area is 97.0 Å². The van der Waals surface area contributed by atoms with Crippen LogP contribution in [0.1, 0.15) is 11.1 Å². The fourth-order valence-corrected chi connectivity index (χ4v) is 1.71. The maximum absolute atomic E-state index is 5.91. The second kappa shape index (κ2) is 4.56. The van der Waals surface area contributed by atoms with Gasteiger partial charge >= 0.3 is 0 Å². The zero-order valence-electron chi connectivity index (χ0n) is 6.74. The summed E-state index contributed by atoms with van der Waals surface area (Å²) in [7, 11) is 0. The maximum Gasteiger partial charge on any atom is 0.0606 e. The number of halogens is 4. The Hall–Kier alpha value is 0.120. The summed E-state index contributed by atoms with van der Waals surface area (Å²) in [4.78, 5) is 0. The Kier molecular flexibility index (Phi) is 3.93. The molecule has 0 amide bonds. The van der Waals surface area contributed by atoms with Gasteiger partial charge in [-0.25, -0.2) is 0 Å². The standard InChI is InChI=1S/C9H6Cl4/c1-5-2-6(9(13)4-10)8(12)3-7(5)11/h2-4H,1H3. The zero-order valence-corrected chi connectivity index (χ0v) is 9.77. The molecule has 0 saturated carbocycles. The minimum atomic E-state index is 0.409. The summed E-state index contributed by atoms with van der Waals surface area (Å²) >= 11 is 23.0. The number of hydrogen-bond donors (Lipinski definition) is 0. The van der Waals surface area contributed by atoms with Gasteiger partial charge < -0.3 is 0 Å². The SMILES string of the molecule is Cc1cc(C(Cl)=CCl)c(Cl)cc1Cl. The lowest BCUT2D eigenvalue weighted by Gasteiger charge is -2.05. The van der Waals surface area contributed by atoms with E-state index in [-0.39, 0.29) is 0 Å². The summed E-state index contributed by atoms with van der Waals surface area (Å²) in [5.41, 5.74) is 2.88. The number of benzene rings is 1. The molecule has 0 heterocycles. The highest BCUT2D eigenvalue weighted by Gasteiger charge is 2.06. The maximum atomic E-state index is 5.91. The van der Waals surface area contributed by atoms with Gasteiger partial charge in [-0.1, -0.05) is 46.4 Å². The Morgan fingerprint density at radius 3 is 2.38 bits per heavy atom. The van der Waals surface area contributed by atoms with E-state index in [1.54, 1.807) is 12.1 Å². The summed E-state index contributed by atoms with van der Waals surface area (Å²) < 4.78 is 0. The van der Waals surface area contributed by atoms with Gasteiger partial charge in [0.15, 0.2) is 0 Å². The summed E-state index contributed by atoms with van der Waals surface area (Å²) in [5, 5.41) is 1.52. The van der Waals surface area contributed by atoms with Gasteiger partial charge in [0.05, 0.1) is 10.1 Å². The van der Waals surface area contributed by atoms with Crippen molar-refractivity contribution in [1.29, 1.82) is 0 Å². The van der Waals surface area contributed by atoms with Crippen molar-refractivity contribution in [3.05, 3.63) is 38.8 Å². The quantitative estimate of drug-likeness (QED) is 0.657. The fraction of sp³-hybridized carbons (Fsp3) is 0.111. The molecule has 0 radical (unpaired) electrons. The lowest BCUT2D eigenvalue weighted by atomic mass is 10.1. The van der Waals surface area contributed by atoms with Crippen molar-refractivity contribution < 1.29 is 0 Å². The van der Waals surface area contributed by atoms with Crippen LogP contribution >= 0.6 is 46.4 Å². The molecule has 0 N–H and O–H groups in total. The van der Waals surface area contributed by atoms with Gasteiger partial charge in [-0.15, -0.1) is 0 Å². The number of hydrogen-bond acceptors (Lipinski definition) is 0. The van der Waals surface area contributed by atoms with Crippen LogP contribution < -0.4 is 0 Å². The number of rotatable bonds is 1. The molecule has 1 aromatic rings. The van der Waals surface area contributed by atoms with Gasteiger partial charge in [-0.3, -0.25) is 0 Å². The third-order valence-corrected chi connectivity index (χ3v) is 2.96. The van der Waals surface area contributed by atoms with Crippen LogP contribution in [0.15, 0.2) is 17.7 Å². The molecule has 0 nitrogen and oxygen atoms in total. The number of aryl methyl sites for hydroxylation is 1. The van der Waals surface area contributed by atoms with Crippen LogP contribution in [0.25, 0.3) is 5.03 Å². The predicted octanol–water partition coefficient (Wildman–Crippen LogP) is 5.08. The summed E-state index contributed by atoms with van der Waals surface area (Å²) in [6.07, 6.45) is 0. The van der Waals surface area contributed by atoms with Crippen LogP contribution in [0.5, 0.6) is 0 Å². The molecular weight excluding hydrogens is 250 g/mol. The van der Waals surface area contributed by atoms with Crippen LogP contribution in [0.2, 0.25) is 10.0 Å². The Balaban J connectivity index is 3.32. The fourth-order valence-electron chi connectivity index (χ4n) is 0.899. The smallest absolute Gasteiger partial charge is 0.0606 e. The Morgan fingerprint density at radius 2 is 1.85 bits per heavy atom. The highest BCUT2D eigenvalue weighted by Crippen LogP contribution is 2.31. The molecule has 0 unspecified atom stereocenters. The first-order chi connectivity index (χ1) is 6.06. The van der Waals surface area contributed by atoms with Gasteiger partial charge in [0.2, 0.25) is 0 Å². The third kappa shape index (κ3) is 2.54. The molecule has 0 fully saturated rings. The van der Waals surface area contributed by atoms with Gasteiger partial charge in [-0.05, 0) is 24.6 Å². The largest absolute Gasteiger partial charge is 0.0913 e. The van der Waals surface area contributed by atoms with Gasteiger partial charge in [0.25, 0.3) is 0 Å². The average molecular weight is 256 g/mol. The molecule has 0 spiro atoms. The molecule has 0 aliphatic heterocycles. The lowest BCUT2D eigenvalue weighted by Crippen LogP contribution is -1.83. The second-order valence-corrected chi connectivity index (χ2v) is 3.98. The molecule has 0 aliphatic rings. The van der Waals surface area contributed by atoms with Crippen molar-refractivity contribution in [2.45, 2.75) is 6.92 Å². The Morgan fingerprint density at radius 1 is 1.23 bits per heavy atom. The molecule has 0 aliphatic carbocycles. The monoisotopic (exact) mass is 254 g/mol. The molecule has 0 aromatic heterocycles. The van der Waals surface area contributed by atoms with Crippen LogP contribution in [0.3, 0.4) is 0 Å². The molecule has 4 heteroatoms. The first-order valence-electron chi connectivity index (χ1n) is 3.48. The van der Waals surface area contributed by atoms with Gasteiger partial charge in [0.1, 0.15) is 0 Å². The van der Waals surface area contributed by atoms with Crippen molar-refractivity contribution in [1.82, 2.24) is 0 Å². The van der Waals surface area contributed by atoms with Crippen molar-refractivity contribution >= 4 is 51.4 Å². The molecule has 1 aromatic carbocycles. The molecule has 0 bridgehead atoms. The zero-order chi connectivity index (χ0) is 10.0. The normalized spacial score (nSPS) is 11.9. The predicted molar refractivity (Wildman–Crippen MR) is 60.9 cm³/mol. The lowest BCUT2D eigenvalue weighted by molar-refractivity contribution is 1.45. The highest BCUT2D eigenvalue weighted by atomic mass is 35.5. The minimum Gasteiger partial charge on any atom is -0.0913 e. The second-order valence-electron chi connectivity index (χ2n) is 2.54. The van der Waals surface area contributed by atoms with E-state index in [0.29, 0.717) is 20.6 Å². The Bertz CT molecular complexity index is 355. The van der Waals surface area contributed by atoms with Crippen LogP contribution in [-0.4, -0.2) is 0 Å². The molecule has 0 saturated heterocycles. The van der Waals surface area contributed by atoms with E-state index >= 15 is 0 Å². The summed E-state index contributed by atoms with van der Waals surface area (Å²) in [5.74, 6) is 0. The molecule has 1 rings (SSSR count). The highest BCUT2D eigenvalue weighted by molar-refractivity contribution is 6.54. The first kappa shape index (κ1) is 11.2. The van der Waals surface area contributed by atoms with Crippen LogP contribution in [0, 0.1) is 6.92 Å². The van der Waals surface area contributed by atoms with Crippen molar-refractivity contribution in [2.75, 3.05) is 0 Å². The van der Waals surface area contributed by atoms with Crippen molar-refractivity contribution in [3.63, 3.8) is 0 Å². The van der Waals surface area contributed by atoms with Crippen molar-refractivity contribution in [3.8, 4) is 0 Å². The third-order valence-electron chi connectivity index (χ3n) is 1.60.